The maximum absolute atomic E-state index is 13.0. The first-order valence-corrected chi connectivity index (χ1v) is 9.11. The van der Waals surface area contributed by atoms with Crippen LogP contribution in [0.4, 0.5) is 0 Å². The van der Waals surface area contributed by atoms with E-state index in [1.54, 1.807) is 12.2 Å². The van der Waals surface area contributed by atoms with E-state index in [2.05, 4.69) is 0 Å². The van der Waals surface area contributed by atoms with Crippen molar-refractivity contribution >= 4 is 17.9 Å². The van der Waals surface area contributed by atoms with Gasteiger partial charge in [0.25, 0.3) is 0 Å². The van der Waals surface area contributed by atoms with E-state index in [-0.39, 0.29) is 35.1 Å². The summed E-state index contributed by atoms with van der Waals surface area (Å²) < 4.78 is 5.97. The van der Waals surface area contributed by atoms with Gasteiger partial charge in [0.1, 0.15) is 28.4 Å². The number of nitrogens with zero attached hydrogens (tertiary/aromatic N) is 1. The summed E-state index contributed by atoms with van der Waals surface area (Å²) in [6.07, 6.45) is 6.66. The minimum atomic E-state index is -0.660. The predicted molar refractivity (Wildman–Crippen MR) is 111 cm³/mol. The highest BCUT2D eigenvalue weighted by Gasteiger charge is 2.32. The van der Waals surface area contributed by atoms with E-state index in [9.17, 15) is 15.0 Å². The van der Waals surface area contributed by atoms with Crippen LogP contribution in [-0.4, -0.2) is 40.6 Å². The highest BCUT2D eigenvalue weighted by molar-refractivity contribution is 6.12. The molecule has 2 N–H and O–H groups in total. The number of ketones is 1. The van der Waals surface area contributed by atoms with Crippen LogP contribution in [0.2, 0.25) is 0 Å². The smallest absolute Gasteiger partial charge is 0.193 e. The SMILES string of the molecule is CN(C)Cc1c(O)c2c(c(C(=O)/C=C/c3ccccc3)c1O)OC(C)(C)C=C2. The van der Waals surface area contributed by atoms with Gasteiger partial charge in [-0.15, -0.1) is 0 Å². The molecule has 28 heavy (non-hydrogen) atoms. The number of phenols is 2. The van der Waals surface area contributed by atoms with Gasteiger partial charge in [-0.25, -0.2) is 0 Å². The van der Waals surface area contributed by atoms with E-state index in [0.717, 1.165) is 5.56 Å². The van der Waals surface area contributed by atoms with Crippen molar-refractivity contribution in [2.75, 3.05) is 14.1 Å². The molecule has 3 rings (SSSR count). The Labute approximate surface area is 165 Å². The third-order valence-corrected chi connectivity index (χ3v) is 4.50. The summed E-state index contributed by atoms with van der Waals surface area (Å²) >= 11 is 0. The topological polar surface area (TPSA) is 70.0 Å². The minimum absolute atomic E-state index is 0.0641. The molecule has 0 saturated heterocycles. The van der Waals surface area contributed by atoms with Gasteiger partial charge in [-0.3, -0.25) is 4.79 Å². The molecule has 1 heterocycles. The lowest BCUT2D eigenvalue weighted by molar-refractivity contribution is 0.103. The monoisotopic (exact) mass is 379 g/mol. The summed E-state index contributed by atoms with van der Waals surface area (Å²) in [5.41, 5.74) is 0.984. The zero-order valence-corrected chi connectivity index (χ0v) is 16.6. The fraction of sp³-hybridized carbons (Fsp3) is 0.261. The number of hydrogen-bond donors (Lipinski definition) is 2. The molecular formula is C23H25NO4. The number of phenolic OH excluding ortho intramolecular Hbond substituents is 2. The Morgan fingerprint density at radius 3 is 2.46 bits per heavy atom. The zero-order chi connectivity index (χ0) is 20.5. The Bertz CT molecular complexity index is 957. The molecular weight excluding hydrogens is 354 g/mol. The number of fused-ring (bicyclic) bond motifs is 1. The lowest BCUT2D eigenvalue weighted by Gasteiger charge is -2.31. The third kappa shape index (κ3) is 3.94. The molecule has 0 unspecified atom stereocenters. The highest BCUT2D eigenvalue weighted by atomic mass is 16.5. The molecule has 0 atom stereocenters. The number of carbonyl (C=O) groups is 1. The molecule has 0 fully saturated rings. The van der Waals surface area contributed by atoms with Crippen LogP contribution < -0.4 is 4.74 Å². The molecule has 0 spiro atoms. The maximum Gasteiger partial charge on any atom is 0.193 e. The lowest BCUT2D eigenvalue weighted by Crippen LogP contribution is -2.29. The molecule has 0 radical (unpaired) electrons. The largest absolute Gasteiger partial charge is 0.507 e. The van der Waals surface area contributed by atoms with Crippen LogP contribution in [0.25, 0.3) is 12.2 Å². The third-order valence-electron chi connectivity index (χ3n) is 4.50. The Morgan fingerprint density at radius 2 is 1.82 bits per heavy atom. The van der Waals surface area contributed by atoms with E-state index in [1.165, 1.54) is 6.08 Å². The van der Waals surface area contributed by atoms with Crippen molar-refractivity contribution in [1.82, 2.24) is 4.90 Å². The highest BCUT2D eigenvalue weighted by Crippen LogP contribution is 2.47. The quantitative estimate of drug-likeness (QED) is 0.601. The van der Waals surface area contributed by atoms with Crippen molar-refractivity contribution in [2.24, 2.45) is 0 Å². The predicted octanol–water partition coefficient (Wildman–Crippen LogP) is 4.24. The van der Waals surface area contributed by atoms with Gasteiger partial charge in [0.05, 0.1) is 11.1 Å². The Morgan fingerprint density at radius 1 is 1.14 bits per heavy atom. The summed E-state index contributed by atoms with van der Waals surface area (Å²) in [4.78, 5) is 14.8. The molecule has 0 amide bonds. The average Bonchev–Trinajstić information content (AvgIpc) is 2.63. The van der Waals surface area contributed by atoms with Crippen molar-refractivity contribution in [3.05, 3.63) is 64.7 Å². The summed E-state index contributed by atoms with van der Waals surface area (Å²) in [5, 5.41) is 21.6. The van der Waals surface area contributed by atoms with Gasteiger partial charge >= 0.3 is 0 Å². The van der Waals surface area contributed by atoms with Gasteiger partial charge in [0.2, 0.25) is 0 Å². The summed E-state index contributed by atoms with van der Waals surface area (Å²) in [5.74, 6) is -0.508. The molecule has 2 aromatic rings. The standard InChI is InChI=1S/C23H25NO4/c1-23(2)13-12-16-20(26)17(14-24(3)4)21(27)19(22(16)28-23)18(25)11-10-15-8-6-5-7-9-15/h5-13,26-27H,14H2,1-4H3/b11-10+. The number of rotatable bonds is 5. The van der Waals surface area contributed by atoms with Crippen LogP contribution >= 0.6 is 0 Å². The second-order valence-corrected chi connectivity index (χ2v) is 7.68. The molecule has 2 aromatic carbocycles. The van der Waals surface area contributed by atoms with E-state index < -0.39 is 5.60 Å². The molecule has 1 aliphatic rings. The second-order valence-electron chi connectivity index (χ2n) is 7.68. The van der Waals surface area contributed by atoms with E-state index in [1.807, 2.05) is 69.3 Å². The van der Waals surface area contributed by atoms with Crippen molar-refractivity contribution in [1.29, 1.82) is 0 Å². The zero-order valence-electron chi connectivity index (χ0n) is 16.6. The van der Waals surface area contributed by atoms with Gasteiger partial charge in [0.15, 0.2) is 5.78 Å². The molecule has 146 valence electrons. The van der Waals surface area contributed by atoms with Crippen LogP contribution in [0.3, 0.4) is 0 Å². The van der Waals surface area contributed by atoms with Gasteiger partial charge < -0.3 is 19.8 Å². The first kappa shape index (κ1) is 19.7. The number of ether oxygens (including phenoxy) is 1. The van der Waals surface area contributed by atoms with Gasteiger partial charge in [0, 0.05) is 6.54 Å². The number of hydrogen-bond acceptors (Lipinski definition) is 5. The van der Waals surface area contributed by atoms with Crippen LogP contribution in [0.5, 0.6) is 17.2 Å². The van der Waals surface area contributed by atoms with E-state index in [0.29, 0.717) is 11.1 Å². The number of benzene rings is 2. The molecule has 0 aliphatic carbocycles. The van der Waals surface area contributed by atoms with Crippen LogP contribution in [0.1, 0.15) is 40.9 Å². The number of carbonyl (C=O) groups excluding carboxylic acids is 1. The molecule has 5 heteroatoms. The fourth-order valence-electron chi connectivity index (χ4n) is 3.13. The molecule has 0 bridgehead atoms. The second kappa shape index (κ2) is 7.52. The maximum atomic E-state index is 13.0. The van der Waals surface area contributed by atoms with Crippen molar-refractivity contribution < 1.29 is 19.7 Å². The average molecular weight is 379 g/mol. The van der Waals surface area contributed by atoms with Crippen molar-refractivity contribution in [2.45, 2.75) is 26.0 Å². The Balaban J connectivity index is 2.14. The first-order chi connectivity index (χ1) is 13.2. The van der Waals surface area contributed by atoms with Gasteiger partial charge in [-0.05, 0) is 51.7 Å². The van der Waals surface area contributed by atoms with Crippen LogP contribution in [0, 0.1) is 0 Å². The molecule has 0 aromatic heterocycles. The van der Waals surface area contributed by atoms with Crippen molar-refractivity contribution in [3.63, 3.8) is 0 Å². The van der Waals surface area contributed by atoms with E-state index in [4.69, 9.17) is 4.74 Å². The number of allylic oxidation sites excluding steroid dienone is 1. The fourth-order valence-corrected chi connectivity index (χ4v) is 3.13. The molecule has 0 saturated carbocycles. The minimum Gasteiger partial charge on any atom is -0.507 e. The Kier molecular flexibility index (Phi) is 5.29. The summed E-state index contributed by atoms with van der Waals surface area (Å²) in [6, 6.07) is 9.44. The van der Waals surface area contributed by atoms with E-state index >= 15 is 0 Å². The first-order valence-electron chi connectivity index (χ1n) is 9.11. The van der Waals surface area contributed by atoms with Gasteiger partial charge in [-0.1, -0.05) is 36.4 Å². The molecule has 5 nitrogen and oxygen atoms in total. The lowest BCUT2D eigenvalue weighted by atomic mass is 9.93. The summed E-state index contributed by atoms with van der Waals surface area (Å²) in [7, 11) is 3.65. The van der Waals surface area contributed by atoms with Crippen LogP contribution in [-0.2, 0) is 6.54 Å². The summed E-state index contributed by atoms with van der Waals surface area (Å²) in [6.45, 7) is 3.98. The van der Waals surface area contributed by atoms with Crippen LogP contribution in [0.15, 0.2) is 42.5 Å². The number of aromatic hydroxyl groups is 2. The van der Waals surface area contributed by atoms with Crippen molar-refractivity contribution in [3.8, 4) is 17.2 Å². The normalized spacial score (nSPS) is 14.9. The molecule has 1 aliphatic heterocycles. The van der Waals surface area contributed by atoms with Gasteiger partial charge in [-0.2, -0.15) is 0 Å². The Hall–Kier alpha value is -3.05.